The number of hydrogen-bond acceptors (Lipinski definition) is 7. The molecule has 44 heavy (non-hydrogen) atoms. The smallest absolute Gasteiger partial charge is 0.266 e. The number of nitrogens with zero attached hydrogens (tertiary/aromatic N) is 6. The fourth-order valence-electron chi connectivity index (χ4n) is 5.54. The summed E-state index contributed by atoms with van der Waals surface area (Å²) in [6.45, 7) is 4.56. The molecule has 9 nitrogen and oxygen atoms in total. The van der Waals surface area contributed by atoms with Crippen LogP contribution < -0.4 is 16.0 Å². The molecule has 0 aliphatic rings. The van der Waals surface area contributed by atoms with Crippen molar-refractivity contribution in [2.45, 2.75) is 27.0 Å². The maximum Gasteiger partial charge on any atom is 0.266 e. The Morgan fingerprint density at radius 1 is 0.795 bits per heavy atom. The molecule has 2 N–H and O–H groups in total. The summed E-state index contributed by atoms with van der Waals surface area (Å²) < 4.78 is 9.40. The van der Waals surface area contributed by atoms with E-state index in [9.17, 15) is 4.79 Å². The molecule has 0 saturated heterocycles. The molecule has 7 aromatic rings. The van der Waals surface area contributed by atoms with Gasteiger partial charge in [0.05, 0.1) is 22.0 Å². The van der Waals surface area contributed by atoms with Crippen LogP contribution in [0.1, 0.15) is 22.5 Å². The van der Waals surface area contributed by atoms with E-state index in [2.05, 4.69) is 9.97 Å². The first kappa shape index (κ1) is 27.0. The highest BCUT2D eigenvalue weighted by molar-refractivity contribution is 5.98. The first-order valence-electron chi connectivity index (χ1n) is 14.3. The summed E-state index contributed by atoms with van der Waals surface area (Å²) >= 11 is 0. The first-order valence-corrected chi connectivity index (χ1v) is 14.3. The standard InChI is InChI=1S/C35H29N7O2/c1-22-9-6-7-14-28(22)42-29(39-27-13-8-10-23(2)30(27)35(42)43)19-41-34-31(33(36)37-21-38-34)32(40-41)25-15-17-26(18-16-25)44-20-24-11-4-3-5-12-24/h3-18,21H,19-20H2,1-2H3,(H2,36,37,38). The molecule has 7 rings (SSSR count). The maximum absolute atomic E-state index is 14.1. The van der Waals surface area contributed by atoms with Crippen LogP contribution in [0.2, 0.25) is 0 Å². The van der Waals surface area contributed by atoms with Gasteiger partial charge >= 0.3 is 0 Å². The molecule has 0 unspecified atom stereocenters. The van der Waals surface area contributed by atoms with Gasteiger partial charge < -0.3 is 10.5 Å². The molecule has 9 heteroatoms. The van der Waals surface area contributed by atoms with Crippen LogP contribution in [0.4, 0.5) is 5.82 Å². The van der Waals surface area contributed by atoms with Crippen LogP contribution in [-0.2, 0) is 13.2 Å². The van der Waals surface area contributed by atoms with Crippen molar-refractivity contribution >= 4 is 27.8 Å². The SMILES string of the molecule is Cc1ccccc1-n1c(Cn2nc(-c3ccc(OCc4ccccc4)cc3)c3c(N)ncnc32)nc2cccc(C)c2c1=O. The van der Waals surface area contributed by atoms with Crippen LogP contribution in [0, 0.1) is 13.8 Å². The molecule has 0 aliphatic carbocycles. The fourth-order valence-corrected chi connectivity index (χ4v) is 5.54. The van der Waals surface area contributed by atoms with E-state index in [1.807, 2.05) is 111 Å². The van der Waals surface area contributed by atoms with Gasteiger partial charge in [-0.15, -0.1) is 0 Å². The van der Waals surface area contributed by atoms with Gasteiger partial charge in [-0.1, -0.05) is 60.7 Å². The number of aryl methyl sites for hydroxylation is 2. The van der Waals surface area contributed by atoms with Gasteiger partial charge in [-0.25, -0.2) is 19.6 Å². The van der Waals surface area contributed by atoms with Crippen LogP contribution >= 0.6 is 0 Å². The number of nitrogen functional groups attached to an aromatic ring is 1. The summed E-state index contributed by atoms with van der Waals surface area (Å²) in [5.74, 6) is 1.59. The lowest BCUT2D eigenvalue weighted by Gasteiger charge is -2.16. The van der Waals surface area contributed by atoms with E-state index in [1.165, 1.54) is 6.33 Å². The molecule has 4 aromatic carbocycles. The monoisotopic (exact) mass is 579 g/mol. The van der Waals surface area contributed by atoms with Crippen LogP contribution in [0.25, 0.3) is 38.9 Å². The van der Waals surface area contributed by atoms with Gasteiger partial charge in [-0.05, 0) is 66.9 Å². The highest BCUT2D eigenvalue weighted by atomic mass is 16.5. The number of para-hydroxylation sites is 1. The topological polar surface area (TPSA) is 114 Å². The van der Waals surface area contributed by atoms with E-state index in [0.29, 0.717) is 45.9 Å². The summed E-state index contributed by atoms with van der Waals surface area (Å²) in [7, 11) is 0. The quantitative estimate of drug-likeness (QED) is 0.246. The number of rotatable bonds is 7. The minimum atomic E-state index is -0.130. The Labute approximate surface area is 253 Å². The summed E-state index contributed by atoms with van der Waals surface area (Å²) in [5, 5.41) is 6.18. The zero-order chi connectivity index (χ0) is 30.2. The van der Waals surface area contributed by atoms with Gasteiger partial charge in [-0.2, -0.15) is 5.10 Å². The van der Waals surface area contributed by atoms with Crippen molar-refractivity contribution in [1.82, 2.24) is 29.3 Å². The molecule has 0 atom stereocenters. The summed E-state index contributed by atoms with van der Waals surface area (Å²) in [6, 6.07) is 31.2. The number of fused-ring (bicyclic) bond motifs is 2. The summed E-state index contributed by atoms with van der Waals surface area (Å²) in [5.41, 5.74) is 12.6. The second-order valence-corrected chi connectivity index (χ2v) is 10.7. The summed E-state index contributed by atoms with van der Waals surface area (Å²) in [6.07, 6.45) is 1.42. The van der Waals surface area contributed by atoms with Gasteiger partial charge in [-0.3, -0.25) is 9.36 Å². The second-order valence-electron chi connectivity index (χ2n) is 10.7. The number of nitrogens with two attached hydrogens (primary N) is 1. The minimum Gasteiger partial charge on any atom is -0.489 e. The van der Waals surface area contributed by atoms with Gasteiger partial charge in [0.2, 0.25) is 0 Å². The third kappa shape index (κ3) is 4.84. The van der Waals surface area contributed by atoms with Crippen LogP contribution in [0.15, 0.2) is 108 Å². The number of benzene rings is 4. The third-order valence-electron chi connectivity index (χ3n) is 7.76. The maximum atomic E-state index is 14.1. The Morgan fingerprint density at radius 2 is 1.55 bits per heavy atom. The number of aromatic nitrogens is 6. The Morgan fingerprint density at radius 3 is 2.34 bits per heavy atom. The molecule has 0 radical (unpaired) electrons. The Hall–Kier alpha value is -5.83. The molecule has 216 valence electrons. The van der Waals surface area contributed by atoms with Gasteiger partial charge in [0, 0.05) is 5.56 Å². The molecule has 0 amide bonds. The first-order chi connectivity index (χ1) is 21.5. The largest absolute Gasteiger partial charge is 0.489 e. The predicted molar refractivity (Wildman–Crippen MR) is 172 cm³/mol. The van der Waals surface area contributed by atoms with Crippen molar-refractivity contribution in [2.75, 3.05) is 5.73 Å². The van der Waals surface area contributed by atoms with Crippen molar-refractivity contribution in [3.05, 3.63) is 136 Å². The highest BCUT2D eigenvalue weighted by Crippen LogP contribution is 2.32. The van der Waals surface area contributed by atoms with E-state index >= 15 is 0 Å². The fraction of sp³-hybridized carbons (Fsp3) is 0.114. The molecular weight excluding hydrogens is 550 g/mol. The molecule has 0 bridgehead atoms. The second kappa shape index (κ2) is 11.1. The van der Waals surface area contributed by atoms with Crippen molar-refractivity contribution in [2.24, 2.45) is 0 Å². The molecule has 0 aliphatic heterocycles. The average molecular weight is 580 g/mol. The van der Waals surface area contributed by atoms with Gasteiger partial charge in [0.1, 0.15) is 42.6 Å². The number of ether oxygens (including phenoxy) is 1. The number of hydrogen-bond donors (Lipinski definition) is 1. The van der Waals surface area contributed by atoms with Crippen molar-refractivity contribution in [1.29, 1.82) is 0 Å². The number of anilines is 1. The van der Waals surface area contributed by atoms with Crippen LogP contribution in [0.3, 0.4) is 0 Å². The average Bonchev–Trinajstić information content (AvgIpc) is 3.41. The lowest BCUT2D eigenvalue weighted by molar-refractivity contribution is 0.306. The molecule has 3 aromatic heterocycles. The molecular formula is C35H29N7O2. The zero-order valence-electron chi connectivity index (χ0n) is 24.3. The van der Waals surface area contributed by atoms with E-state index in [0.717, 1.165) is 33.7 Å². The normalized spacial score (nSPS) is 11.3. The van der Waals surface area contributed by atoms with E-state index in [1.54, 1.807) is 9.25 Å². The van der Waals surface area contributed by atoms with Gasteiger partial charge in [0.25, 0.3) is 5.56 Å². The highest BCUT2D eigenvalue weighted by Gasteiger charge is 2.21. The van der Waals surface area contributed by atoms with Crippen LogP contribution in [0.5, 0.6) is 5.75 Å². The van der Waals surface area contributed by atoms with Gasteiger partial charge in [0.15, 0.2) is 5.65 Å². The zero-order valence-corrected chi connectivity index (χ0v) is 24.3. The lowest BCUT2D eigenvalue weighted by atomic mass is 10.1. The molecule has 3 heterocycles. The Balaban J connectivity index is 1.32. The van der Waals surface area contributed by atoms with Crippen molar-refractivity contribution in [3.63, 3.8) is 0 Å². The molecule has 0 saturated carbocycles. The van der Waals surface area contributed by atoms with E-state index < -0.39 is 0 Å². The molecule has 0 fully saturated rings. The van der Waals surface area contributed by atoms with Crippen molar-refractivity contribution in [3.8, 4) is 22.7 Å². The predicted octanol–water partition coefficient (Wildman–Crippen LogP) is 6.02. The lowest BCUT2D eigenvalue weighted by Crippen LogP contribution is -2.26. The van der Waals surface area contributed by atoms with E-state index in [-0.39, 0.29) is 12.1 Å². The summed E-state index contributed by atoms with van der Waals surface area (Å²) in [4.78, 5) is 27.9. The van der Waals surface area contributed by atoms with Crippen LogP contribution in [-0.4, -0.2) is 29.3 Å². The minimum absolute atomic E-state index is 0.130. The third-order valence-corrected chi connectivity index (χ3v) is 7.76. The van der Waals surface area contributed by atoms with Crippen molar-refractivity contribution < 1.29 is 4.74 Å². The van der Waals surface area contributed by atoms with E-state index in [4.69, 9.17) is 20.6 Å². The molecule has 0 spiro atoms. The Bertz CT molecular complexity index is 2200. The Kier molecular flexibility index (Phi) is 6.82.